The average molecular weight is 254 g/mol. The third-order valence-corrected chi connectivity index (χ3v) is 4.60. The number of methoxy groups -OCH3 is 1. The molecule has 106 valence electrons. The maximum atomic E-state index is 5.25. The molecule has 0 bridgehead atoms. The van der Waals surface area contributed by atoms with Crippen molar-refractivity contribution < 1.29 is 4.74 Å². The van der Waals surface area contributed by atoms with E-state index in [4.69, 9.17) is 4.74 Å². The van der Waals surface area contributed by atoms with Crippen LogP contribution in [0.3, 0.4) is 0 Å². The van der Waals surface area contributed by atoms with Gasteiger partial charge in [-0.25, -0.2) is 0 Å². The number of rotatable bonds is 6. The number of ether oxygens (including phenoxy) is 1. The number of nitrogens with zero attached hydrogens (tertiary/aromatic N) is 1. The van der Waals surface area contributed by atoms with Crippen LogP contribution in [0.2, 0.25) is 0 Å². The van der Waals surface area contributed by atoms with Crippen molar-refractivity contribution >= 4 is 0 Å². The van der Waals surface area contributed by atoms with Gasteiger partial charge in [0, 0.05) is 13.7 Å². The van der Waals surface area contributed by atoms with Gasteiger partial charge in [0.2, 0.25) is 0 Å². The highest BCUT2D eigenvalue weighted by atomic mass is 16.5. The minimum Gasteiger partial charge on any atom is -0.384 e. The fourth-order valence-corrected chi connectivity index (χ4v) is 3.39. The molecule has 1 N–H and O–H groups in total. The van der Waals surface area contributed by atoms with Gasteiger partial charge in [-0.3, -0.25) is 0 Å². The molecular weight excluding hydrogens is 224 g/mol. The van der Waals surface area contributed by atoms with Crippen molar-refractivity contribution in [2.24, 2.45) is 11.8 Å². The molecule has 3 nitrogen and oxygen atoms in total. The van der Waals surface area contributed by atoms with Gasteiger partial charge in [0.15, 0.2) is 0 Å². The molecule has 2 saturated heterocycles. The normalized spacial score (nSPS) is 27.5. The lowest BCUT2D eigenvalue weighted by atomic mass is 9.94. The first kappa shape index (κ1) is 14.3. The Kier molecular flexibility index (Phi) is 6.46. The van der Waals surface area contributed by atoms with Crippen LogP contribution in [0.1, 0.15) is 38.5 Å². The van der Waals surface area contributed by atoms with E-state index in [-0.39, 0.29) is 0 Å². The highest BCUT2D eigenvalue weighted by molar-refractivity contribution is 4.73. The van der Waals surface area contributed by atoms with E-state index in [1.54, 1.807) is 0 Å². The molecule has 0 radical (unpaired) electrons. The van der Waals surface area contributed by atoms with Crippen LogP contribution >= 0.6 is 0 Å². The van der Waals surface area contributed by atoms with Crippen LogP contribution < -0.4 is 5.32 Å². The summed E-state index contributed by atoms with van der Waals surface area (Å²) in [4.78, 5) is 2.66. The van der Waals surface area contributed by atoms with Gasteiger partial charge in [0.05, 0.1) is 0 Å². The predicted octanol–water partition coefficient (Wildman–Crippen LogP) is 2.12. The SMILES string of the molecule is COCC1CCN(CCCC2CCCNC2)CC1. The van der Waals surface area contributed by atoms with E-state index in [1.807, 2.05) is 7.11 Å². The van der Waals surface area contributed by atoms with Crippen molar-refractivity contribution in [1.82, 2.24) is 10.2 Å². The van der Waals surface area contributed by atoms with Crippen LogP contribution in [0.5, 0.6) is 0 Å². The Balaban J connectivity index is 1.52. The molecule has 0 aromatic rings. The summed E-state index contributed by atoms with van der Waals surface area (Å²) in [6.07, 6.45) is 8.31. The zero-order valence-corrected chi connectivity index (χ0v) is 12.0. The van der Waals surface area contributed by atoms with Gasteiger partial charge in [0.25, 0.3) is 0 Å². The topological polar surface area (TPSA) is 24.5 Å². The van der Waals surface area contributed by atoms with E-state index in [1.165, 1.54) is 71.2 Å². The van der Waals surface area contributed by atoms with Crippen LogP contribution in [0.15, 0.2) is 0 Å². The summed E-state index contributed by atoms with van der Waals surface area (Å²) in [7, 11) is 1.82. The summed E-state index contributed by atoms with van der Waals surface area (Å²) in [5.74, 6) is 1.76. The maximum Gasteiger partial charge on any atom is 0.0491 e. The zero-order valence-electron chi connectivity index (χ0n) is 12.0. The molecule has 2 heterocycles. The van der Waals surface area contributed by atoms with Gasteiger partial charge in [-0.2, -0.15) is 0 Å². The first-order chi connectivity index (χ1) is 8.88. The summed E-state index contributed by atoms with van der Waals surface area (Å²) in [5.41, 5.74) is 0. The quantitative estimate of drug-likeness (QED) is 0.786. The predicted molar refractivity (Wildman–Crippen MR) is 75.9 cm³/mol. The van der Waals surface area contributed by atoms with Crippen LogP contribution in [-0.2, 0) is 4.74 Å². The van der Waals surface area contributed by atoms with Gasteiger partial charge < -0.3 is 15.0 Å². The first-order valence-electron chi connectivity index (χ1n) is 7.80. The Hall–Kier alpha value is -0.120. The Bertz CT molecular complexity index is 209. The van der Waals surface area contributed by atoms with E-state index >= 15 is 0 Å². The molecule has 0 aromatic carbocycles. The lowest BCUT2D eigenvalue weighted by molar-refractivity contribution is 0.0980. The monoisotopic (exact) mass is 254 g/mol. The molecule has 2 rings (SSSR count). The highest BCUT2D eigenvalue weighted by Gasteiger charge is 2.19. The van der Waals surface area contributed by atoms with E-state index in [2.05, 4.69) is 10.2 Å². The Labute approximate surface area is 112 Å². The van der Waals surface area contributed by atoms with Crippen LogP contribution in [0.4, 0.5) is 0 Å². The van der Waals surface area contributed by atoms with Crippen molar-refractivity contribution in [2.45, 2.75) is 38.5 Å². The second-order valence-corrected chi connectivity index (χ2v) is 6.09. The Morgan fingerprint density at radius 3 is 2.67 bits per heavy atom. The molecule has 0 aliphatic carbocycles. The standard InChI is InChI=1S/C15H30N2O/c1-18-13-15-6-10-17(11-7-15)9-3-5-14-4-2-8-16-12-14/h14-16H,2-13H2,1H3. The number of piperidine rings is 2. The minimum atomic E-state index is 0.814. The first-order valence-corrected chi connectivity index (χ1v) is 7.80. The van der Waals surface area contributed by atoms with Crippen LogP contribution in [-0.4, -0.2) is 51.3 Å². The molecule has 2 fully saturated rings. The maximum absolute atomic E-state index is 5.25. The van der Waals surface area contributed by atoms with E-state index < -0.39 is 0 Å². The lowest BCUT2D eigenvalue weighted by Crippen LogP contribution is -2.36. The van der Waals surface area contributed by atoms with Gasteiger partial charge >= 0.3 is 0 Å². The summed E-state index contributed by atoms with van der Waals surface area (Å²) in [5, 5.41) is 3.52. The van der Waals surface area contributed by atoms with E-state index in [0.717, 1.165) is 18.4 Å². The molecule has 0 saturated carbocycles. The van der Waals surface area contributed by atoms with Crippen molar-refractivity contribution in [1.29, 1.82) is 0 Å². The van der Waals surface area contributed by atoms with Crippen molar-refractivity contribution in [3.05, 3.63) is 0 Å². The summed E-state index contributed by atoms with van der Waals surface area (Å²) in [6.45, 7) is 7.35. The van der Waals surface area contributed by atoms with Gasteiger partial charge in [-0.1, -0.05) is 0 Å². The van der Waals surface area contributed by atoms with E-state index in [9.17, 15) is 0 Å². The fraction of sp³-hybridized carbons (Fsp3) is 1.00. The van der Waals surface area contributed by atoms with Crippen LogP contribution in [0, 0.1) is 11.8 Å². The number of nitrogens with one attached hydrogen (secondary N) is 1. The van der Waals surface area contributed by atoms with Gasteiger partial charge in [-0.15, -0.1) is 0 Å². The van der Waals surface area contributed by atoms with E-state index in [0.29, 0.717) is 0 Å². The lowest BCUT2D eigenvalue weighted by Gasteiger charge is -2.32. The number of hydrogen-bond acceptors (Lipinski definition) is 3. The van der Waals surface area contributed by atoms with Crippen molar-refractivity contribution in [2.75, 3.05) is 46.4 Å². The van der Waals surface area contributed by atoms with Gasteiger partial charge in [0.1, 0.15) is 0 Å². The molecule has 3 heteroatoms. The highest BCUT2D eigenvalue weighted by Crippen LogP contribution is 2.19. The Morgan fingerprint density at radius 2 is 2.00 bits per heavy atom. The zero-order chi connectivity index (χ0) is 12.6. The second-order valence-electron chi connectivity index (χ2n) is 6.09. The Morgan fingerprint density at radius 1 is 1.17 bits per heavy atom. The summed E-state index contributed by atoms with van der Waals surface area (Å²) >= 11 is 0. The number of likely N-dealkylation sites (tertiary alicyclic amines) is 1. The average Bonchev–Trinajstić information content (AvgIpc) is 2.42. The minimum absolute atomic E-state index is 0.814. The molecular formula is C15H30N2O. The summed E-state index contributed by atoms with van der Waals surface area (Å²) in [6, 6.07) is 0. The summed E-state index contributed by atoms with van der Waals surface area (Å²) < 4.78 is 5.25. The molecule has 1 unspecified atom stereocenters. The molecule has 0 spiro atoms. The molecule has 0 amide bonds. The third-order valence-electron chi connectivity index (χ3n) is 4.60. The molecule has 2 aliphatic rings. The fourth-order valence-electron chi connectivity index (χ4n) is 3.39. The second kappa shape index (κ2) is 8.13. The van der Waals surface area contributed by atoms with Crippen LogP contribution in [0.25, 0.3) is 0 Å². The largest absolute Gasteiger partial charge is 0.384 e. The number of hydrogen-bond donors (Lipinski definition) is 1. The van der Waals surface area contributed by atoms with Crippen molar-refractivity contribution in [3.8, 4) is 0 Å². The third kappa shape index (κ3) is 4.87. The van der Waals surface area contributed by atoms with Crippen molar-refractivity contribution in [3.63, 3.8) is 0 Å². The molecule has 1 atom stereocenters. The molecule has 0 aromatic heterocycles. The molecule has 18 heavy (non-hydrogen) atoms. The van der Waals surface area contributed by atoms with Gasteiger partial charge in [-0.05, 0) is 83.1 Å². The molecule has 2 aliphatic heterocycles. The smallest absolute Gasteiger partial charge is 0.0491 e.